The van der Waals surface area contributed by atoms with Crippen LogP contribution in [0.3, 0.4) is 0 Å². The van der Waals surface area contributed by atoms with Gasteiger partial charge in [-0.2, -0.15) is 9.78 Å². The van der Waals surface area contributed by atoms with Gasteiger partial charge in [0.2, 0.25) is 5.91 Å². The molecular formula is C25H31N3O4S. The molecular weight excluding hydrogens is 438 g/mol. The maximum Gasteiger partial charge on any atom is 0.359 e. The van der Waals surface area contributed by atoms with Gasteiger partial charge in [-0.15, -0.1) is 11.3 Å². The predicted octanol–water partition coefficient (Wildman–Crippen LogP) is 5.40. The predicted molar refractivity (Wildman–Crippen MR) is 133 cm³/mol. The maximum absolute atomic E-state index is 13.5. The molecule has 3 aromatic rings. The largest absolute Gasteiger partial charge is 0.461 e. The zero-order chi connectivity index (χ0) is 24.1. The molecule has 0 fully saturated rings. The van der Waals surface area contributed by atoms with Gasteiger partial charge in [-0.1, -0.05) is 32.8 Å². The molecule has 176 valence electrons. The lowest BCUT2D eigenvalue weighted by molar-refractivity contribution is -0.120. The number of anilines is 1. The van der Waals surface area contributed by atoms with E-state index in [0.717, 1.165) is 36.8 Å². The number of nitrogens with zero attached hydrogens (tertiary/aromatic N) is 2. The average Bonchev–Trinajstić information content (AvgIpc) is 3.20. The number of rotatable bonds is 9. The molecule has 0 unspecified atom stereocenters. The Morgan fingerprint density at radius 3 is 2.42 bits per heavy atom. The molecule has 0 saturated carbocycles. The summed E-state index contributed by atoms with van der Waals surface area (Å²) in [4.78, 5) is 39.2. The van der Waals surface area contributed by atoms with Crippen LogP contribution in [0, 0.1) is 19.8 Å². The lowest BCUT2D eigenvalue weighted by atomic mass is 9.97. The van der Waals surface area contributed by atoms with Crippen molar-refractivity contribution in [1.29, 1.82) is 0 Å². The van der Waals surface area contributed by atoms with Crippen LogP contribution in [0.25, 0.3) is 16.5 Å². The zero-order valence-corrected chi connectivity index (χ0v) is 20.7. The summed E-state index contributed by atoms with van der Waals surface area (Å²) in [6.07, 6.45) is 3.37. The highest BCUT2D eigenvalue weighted by Crippen LogP contribution is 2.31. The van der Waals surface area contributed by atoms with Gasteiger partial charge in [0.1, 0.15) is 5.00 Å². The van der Waals surface area contributed by atoms with Crippen molar-refractivity contribution in [2.45, 2.75) is 60.3 Å². The Balaban J connectivity index is 2.18. The number of amides is 1. The van der Waals surface area contributed by atoms with Gasteiger partial charge in [0.25, 0.3) is 5.56 Å². The van der Waals surface area contributed by atoms with Crippen molar-refractivity contribution in [3.63, 3.8) is 0 Å². The molecule has 2 aromatic heterocycles. The highest BCUT2D eigenvalue weighted by molar-refractivity contribution is 7.16. The van der Waals surface area contributed by atoms with Gasteiger partial charge in [0.15, 0.2) is 5.69 Å². The summed E-state index contributed by atoms with van der Waals surface area (Å²) in [6.45, 7) is 9.94. The lowest BCUT2D eigenvalue weighted by Crippen LogP contribution is -2.27. The Kier molecular flexibility index (Phi) is 8.02. The lowest BCUT2D eigenvalue weighted by Gasteiger charge is -2.15. The Labute approximate surface area is 197 Å². The molecule has 0 aliphatic rings. The molecule has 1 N–H and O–H groups in total. The maximum atomic E-state index is 13.5. The van der Waals surface area contributed by atoms with Crippen molar-refractivity contribution >= 4 is 39.0 Å². The molecule has 7 nitrogen and oxygen atoms in total. The summed E-state index contributed by atoms with van der Waals surface area (Å²) < 4.78 is 6.42. The van der Waals surface area contributed by atoms with Gasteiger partial charge >= 0.3 is 5.97 Å². The van der Waals surface area contributed by atoms with E-state index in [9.17, 15) is 14.4 Å². The van der Waals surface area contributed by atoms with E-state index in [0.29, 0.717) is 16.1 Å². The Morgan fingerprint density at radius 1 is 1.12 bits per heavy atom. The van der Waals surface area contributed by atoms with Gasteiger partial charge in [0, 0.05) is 16.7 Å². The van der Waals surface area contributed by atoms with Crippen LogP contribution in [0.5, 0.6) is 0 Å². The van der Waals surface area contributed by atoms with Crippen molar-refractivity contribution in [3.8, 4) is 5.69 Å². The molecule has 0 atom stereocenters. The van der Waals surface area contributed by atoms with Crippen molar-refractivity contribution in [2.75, 3.05) is 11.9 Å². The average molecular weight is 470 g/mol. The van der Waals surface area contributed by atoms with Crippen LogP contribution in [0.1, 0.15) is 68.1 Å². The van der Waals surface area contributed by atoms with Crippen LogP contribution in [-0.4, -0.2) is 28.3 Å². The van der Waals surface area contributed by atoms with E-state index >= 15 is 0 Å². The molecule has 2 heterocycles. The van der Waals surface area contributed by atoms with E-state index in [2.05, 4.69) is 24.3 Å². The topological polar surface area (TPSA) is 90.3 Å². The summed E-state index contributed by atoms with van der Waals surface area (Å²) in [5, 5.41) is 10.1. The number of fused-ring (bicyclic) bond motifs is 1. The zero-order valence-electron chi connectivity index (χ0n) is 19.9. The number of benzene rings is 1. The van der Waals surface area contributed by atoms with Gasteiger partial charge in [-0.25, -0.2) is 4.79 Å². The smallest absolute Gasteiger partial charge is 0.359 e. The van der Waals surface area contributed by atoms with Crippen molar-refractivity contribution < 1.29 is 14.3 Å². The number of aromatic nitrogens is 2. The van der Waals surface area contributed by atoms with Crippen LogP contribution >= 0.6 is 11.3 Å². The highest BCUT2D eigenvalue weighted by Gasteiger charge is 2.25. The standard InChI is InChI=1S/C25H31N3O4S/c1-6-9-17(10-7-2)22(29)26-23-20-19(14-33-23)21(25(31)32-8-3)27-28(24(20)30)18-12-11-15(4)16(5)13-18/h11-14,17H,6-10H2,1-5H3,(H,26,29). The number of carbonyl (C=O) groups excluding carboxylic acids is 2. The van der Waals surface area contributed by atoms with E-state index < -0.39 is 5.97 Å². The van der Waals surface area contributed by atoms with Gasteiger partial charge in [-0.05, 0) is 56.9 Å². The van der Waals surface area contributed by atoms with E-state index in [1.165, 1.54) is 16.0 Å². The number of esters is 1. The minimum Gasteiger partial charge on any atom is -0.461 e. The molecule has 0 radical (unpaired) electrons. The third-order valence-corrected chi connectivity index (χ3v) is 6.63. The van der Waals surface area contributed by atoms with Crippen molar-refractivity contribution in [1.82, 2.24) is 9.78 Å². The first-order chi connectivity index (χ1) is 15.8. The number of thiophene rings is 1. The van der Waals surface area contributed by atoms with Crippen LogP contribution in [-0.2, 0) is 9.53 Å². The second-order valence-corrected chi connectivity index (χ2v) is 9.05. The quantitative estimate of drug-likeness (QED) is 0.424. The summed E-state index contributed by atoms with van der Waals surface area (Å²) in [5.74, 6) is -0.829. The van der Waals surface area contributed by atoms with E-state index in [4.69, 9.17) is 4.74 Å². The number of hydrogen-bond acceptors (Lipinski definition) is 6. The van der Waals surface area contributed by atoms with Crippen LogP contribution < -0.4 is 10.9 Å². The summed E-state index contributed by atoms with van der Waals surface area (Å²) >= 11 is 1.23. The normalized spacial score (nSPS) is 11.2. The highest BCUT2D eigenvalue weighted by atomic mass is 32.1. The number of nitrogens with one attached hydrogen (secondary N) is 1. The van der Waals surface area contributed by atoms with E-state index in [1.54, 1.807) is 18.4 Å². The van der Waals surface area contributed by atoms with Crippen molar-refractivity contribution in [2.24, 2.45) is 5.92 Å². The van der Waals surface area contributed by atoms with E-state index in [-0.39, 0.29) is 35.1 Å². The van der Waals surface area contributed by atoms with Crippen LogP contribution in [0.4, 0.5) is 5.00 Å². The van der Waals surface area contributed by atoms with Crippen molar-refractivity contribution in [3.05, 3.63) is 50.8 Å². The van der Waals surface area contributed by atoms with Gasteiger partial charge in [-0.3, -0.25) is 9.59 Å². The summed E-state index contributed by atoms with van der Waals surface area (Å²) in [6, 6.07) is 5.55. The first-order valence-corrected chi connectivity index (χ1v) is 12.3. The molecule has 3 rings (SSSR count). The fourth-order valence-corrected chi connectivity index (χ4v) is 4.78. The molecule has 8 heteroatoms. The minimum atomic E-state index is -0.606. The number of carbonyl (C=O) groups is 2. The Morgan fingerprint density at radius 2 is 1.82 bits per heavy atom. The Hall–Kier alpha value is -3.00. The summed E-state index contributed by atoms with van der Waals surface area (Å²) in [7, 11) is 0. The molecule has 0 aliphatic heterocycles. The minimum absolute atomic E-state index is 0.0556. The molecule has 0 aliphatic carbocycles. The second-order valence-electron chi connectivity index (χ2n) is 8.17. The van der Waals surface area contributed by atoms with Crippen LogP contribution in [0.15, 0.2) is 28.4 Å². The monoisotopic (exact) mass is 469 g/mol. The molecule has 0 bridgehead atoms. The summed E-state index contributed by atoms with van der Waals surface area (Å²) in [5.41, 5.74) is 2.30. The fraction of sp³-hybridized carbons (Fsp3) is 0.440. The molecule has 0 spiro atoms. The fourth-order valence-electron chi connectivity index (χ4n) is 3.84. The first-order valence-electron chi connectivity index (χ1n) is 11.4. The van der Waals surface area contributed by atoms with Crippen LogP contribution in [0.2, 0.25) is 0 Å². The molecule has 1 amide bonds. The molecule has 1 aromatic carbocycles. The number of aryl methyl sites for hydroxylation is 2. The number of ether oxygens (including phenoxy) is 1. The Bertz CT molecular complexity index is 1220. The SMILES string of the molecule is CCCC(CCC)C(=O)Nc1scc2c(C(=O)OCC)nn(-c3ccc(C)c(C)c3)c(=O)c12. The molecule has 33 heavy (non-hydrogen) atoms. The van der Waals surface area contributed by atoms with E-state index in [1.807, 2.05) is 26.0 Å². The van der Waals surface area contributed by atoms with Gasteiger partial charge in [0.05, 0.1) is 17.7 Å². The molecule has 0 saturated heterocycles. The first kappa shape index (κ1) is 24.6. The number of hydrogen-bond donors (Lipinski definition) is 1. The van der Waals surface area contributed by atoms with Gasteiger partial charge < -0.3 is 10.1 Å². The third-order valence-electron chi connectivity index (χ3n) is 5.74. The third kappa shape index (κ3) is 5.16. The second kappa shape index (κ2) is 10.7.